The van der Waals surface area contributed by atoms with Gasteiger partial charge >= 0.3 is 7.12 Å². The minimum Gasteiger partial charge on any atom is -0.422 e. The average molecular weight is 228 g/mol. The predicted octanol–water partition coefficient (Wildman–Crippen LogP) is -0.806. The Bertz CT molecular complexity index is 365. The van der Waals surface area contributed by atoms with Crippen molar-refractivity contribution < 1.29 is 14.8 Å². The van der Waals surface area contributed by atoms with Crippen LogP contribution in [0.4, 0.5) is 0 Å². The van der Waals surface area contributed by atoms with Gasteiger partial charge in [-0.25, -0.2) is 4.98 Å². The van der Waals surface area contributed by atoms with Crippen molar-refractivity contribution >= 4 is 30.0 Å². The second-order valence-electron chi connectivity index (χ2n) is 3.76. The van der Waals surface area contributed by atoms with E-state index in [0.717, 1.165) is 0 Å². The Labute approximate surface area is 92.3 Å². The summed E-state index contributed by atoms with van der Waals surface area (Å²) in [5.41, 5.74) is -0.391. The molecule has 0 aliphatic carbocycles. The third kappa shape index (κ3) is 3.02. The van der Waals surface area contributed by atoms with E-state index < -0.39 is 12.7 Å². The maximum atomic E-state index is 10.9. The summed E-state index contributed by atoms with van der Waals surface area (Å²) in [4.78, 5) is 15.0. The topological polar surface area (TPSA) is 82.5 Å². The quantitative estimate of drug-likeness (QED) is 0.591. The number of nitrogens with one attached hydrogen (secondary N) is 1. The van der Waals surface area contributed by atoms with Crippen molar-refractivity contribution in [3.05, 3.63) is 10.4 Å². The van der Waals surface area contributed by atoms with Gasteiger partial charge in [-0.2, -0.15) is 0 Å². The molecule has 1 amide bonds. The highest BCUT2D eigenvalue weighted by atomic mass is 32.1. The molecule has 1 rings (SSSR count). The first kappa shape index (κ1) is 12.2. The van der Waals surface area contributed by atoms with Crippen molar-refractivity contribution in [2.75, 3.05) is 0 Å². The van der Waals surface area contributed by atoms with Crippen molar-refractivity contribution in [3.8, 4) is 0 Å². The minimum atomic E-state index is -1.57. The molecule has 0 atom stereocenters. The van der Waals surface area contributed by atoms with Crippen LogP contribution in [0.3, 0.4) is 0 Å². The van der Waals surface area contributed by atoms with Gasteiger partial charge in [-0.1, -0.05) is 0 Å². The first-order chi connectivity index (χ1) is 6.83. The van der Waals surface area contributed by atoms with E-state index in [0.29, 0.717) is 5.01 Å². The van der Waals surface area contributed by atoms with E-state index in [9.17, 15) is 4.79 Å². The lowest BCUT2D eigenvalue weighted by Crippen LogP contribution is -2.40. The van der Waals surface area contributed by atoms with E-state index in [1.165, 1.54) is 18.3 Å². The molecule has 7 heteroatoms. The molecule has 1 aromatic heterocycles. The van der Waals surface area contributed by atoms with E-state index in [4.69, 9.17) is 10.0 Å². The Morgan fingerprint density at radius 2 is 2.20 bits per heavy atom. The summed E-state index contributed by atoms with van der Waals surface area (Å²) >= 11 is 1.28. The van der Waals surface area contributed by atoms with E-state index in [2.05, 4.69) is 10.3 Å². The van der Waals surface area contributed by atoms with E-state index in [1.54, 1.807) is 19.2 Å². The van der Waals surface area contributed by atoms with Crippen LogP contribution in [0.5, 0.6) is 0 Å². The molecule has 0 spiro atoms. The molecule has 0 radical (unpaired) electrons. The zero-order valence-corrected chi connectivity index (χ0v) is 9.63. The Morgan fingerprint density at radius 1 is 1.60 bits per heavy atom. The maximum absolute atomic E-state index is 10.9. The van der Waals surface area contributed by atoms with E-state index in [1.807, 2.05) is 0 Å². The monoisotopic (exact) mass is 228 g/mol. The molecule has 1 heterocycles. The number of nitrogens with zero attached hydrogens (tertiary/aromatic N) is 1. The molecule has 15 heavy (non-hydrogen) atoms. The summed E-state index contributed by atoms with van der Waals surface area (Å²) in [7, 11) is -1.57. The van der Waals surface area contributed by atoms with Gasteiger partial charge in [0.15, 0.2) is 0 Å². The second kappa shape index (κ2) is 4.30. The molecule has 0 unspecified atom stereocenters. The zero-order chi connectivity index (χ0) is 11.6. The lowest BCUT2D eigenvalue weighted by atomic mass is 9.87. The van der Waals surface area contributed by atoms with Crippen molar-refractivity contribution in [3.63, 3.8) is 0 Å². The normalized spacial score (nSPS) is 11.3. The number of aromatic nitrogens is 1. The van der Waals surface area contributed by atoms with Gasteiger partial charge in [0, 0.05) is 12.3 Å². The van der Waals surface area contributed by atoms with Crippen LogP contribution in [0.1, 0.15) is 25.8 Å². The highest BCUT2D eigenvalue weighted by Crippen LogP contribution is 2.21. The molecule has 0 aliphatic rings. The SMILES string of the molecule is CC(=O)NC(C)(C)c1nc(B(O)O)cs1. The van der Waals surface area contributed by atoms with E-state index in [-0.39, 0.29) is 11.5 Å². The fraction of sp³-hybridized carbons (Fsp3) is 0.500. The first-order valence-corrected chi connectivity index (χ1v) is 5.31. The summed E-state index contributed by atoms with van der Waals surface area (Å²) in [6.07, 6.45) is 0. The molecular formula is C8H13BN2O3S. The van der Waals surface area contributed by atoms with Crippen LogP contribution in [0, 0.1) is 0 Å². The molecule has 0 aromatic carbocycles. The Hall–Kier alpha value is -0.915. The zero-order valence-electron chi connectivity index (χ0n) is 8.81. The Balaban J connectivity index is 2.89. The van der Waals surface area contributed by atoms with Crippen molar-refractivity contribution in [2.24, 2.45) is 0 Å². The summed E-state index contributed by atoms with van der Waals surface area (Å²) < 4.78 is 0. The molecule has 0 aliphatic heterocycles. The number of hydrogen-bond acceptors (Lipinski definition) is 5. The number of thiazole rings is 1. The third-order valence-electron chi connectivity index (χ3n) is 1.81. The van der Waals surface area contributed by atoms with Crippen LogP contribution in [0.25, 0.3) is 0 Å². The van der Waals surface area contributed by atoms with Gasteiger partial charge in [0.2, 0.25) is 5.91 Å². The number of rotatable bonds is 3. The van der Waals surface area contributed by atoms with Crippen LogP contribution in [-0.4, -0.2) is 28.1 Å². The molecular weight excluding hydrogens is 215 g/mol. The van der Waals surface area contributed by atoms with Crippen LogP contribution >= 0.6 is 11.3 Å². The second-order valence-corrected chi connectivity index (χ2v) is 4.62. The number of carbonyl (C=O) groups is 1. The molecule has 0 fully saturated rings. The van der Waals surface area contributed by atoms with Crippen LogP contribution in [0.2, 0.25) is 0 Å². The highest BCUT2D eigenvalue weighted by Gasteiger charge is 2.27. The van der Waals surface area contributed by atoms with Gasteiger partial charge < -0.3 is 15.4 Å². The van der Waals surface area contributed by atoms with Gasteiger partial charge in [0.05, 0.1) is 11.1 Å². The number of hydrogen-bond donors (Lipinski definition) is 3. The van der Waals surface area contributed by atoms with Gasteiger partial charge in [-0.05, 0) is 13.8 Å². The van der Waals surface area contributed by atoms with Crippen LogP contribution in [-0.2, 0) is 10.3 Å². The lowest BCUT2D eigenvalue weighted by Gasteiger charge is -2.22. The smallest absolute Gasteiger partial charge is 0.422 e. The number of amides is 1. The molecule has 3 N–H and O–H groups in total. The fourth-order valence-electron chi connectivity index (χ4n) is 1.19. The van der Waals surface area contributed by atoms with Crippen molar-refractivity contribution in [1.29, 1.82) is 0 Å². The van der Waals surface area contributed by atoms with Gasteiger partial charge in [-0.15, -0.1) is 11.3 Å². The summed E-state index contributed by atoms with van der Waals surface area (Å²) in [6, 6.07) is 0. The third-order valence-corrected chi connectivity index (χ3v) is 2.99. The van der Waals surface area contributed by atoms with Gasteiger partial charge in [0.1, 0.15) is 5.01 Å². The minimum absolute atomic E-state index is 0.152. The van der Waals surface area contributed by atoms with Crippen molar-refractivity contribution in [2.45, 2.75) is 26.3 Å². The predicted molar refractivity (Wildman–Crippen MR) is 58.8 cm³/mol. The van der Waals surface area contributed by atoms with Gasteiger partial charge in [0.25, 0.3) is 0 Å². The Kier molecular flexibility index (Phi) is 3.48. The molecule has 82 valence electrons. The molecule has 1 aromatic rings. The molecule has 5 nitrogen and oxygen atoms in total. The van der Waals surface area contributed by atoms with Crippen LogP contribution in [0.15, 0.2) is 5.38 Å². The largest absolute Gasteiger partial charge is 0.509 e. The Morgan fingerprint density at radius 3 is 2.60 bits per heavy atom. The van der Waals surface area contributed by atoms with Gasteiger partial charge in [-0.3, -0.25) is 4.79 Å². The molecule has 0 saturated carbocycles. The average Bonchev–Trinajstić information content (AvgIpc) is 2.48. The van der Waals surface area contributed by atoms with E-state index >= 15 is 0 Å². The first-order valence-electron chi connectivity index (χ1n) is 4.43. The maximum Gasteiger partial charge on any atom is 0.509 e. The molecule has 0 bridgehead atoms. The number of carbonyl (C=O) groups excluding carboxylic acids is 1. The summed E-state index contributed by atoms with van der Waals surface area (Å²) in [6.45, 7) is 5.04. The highest BCUT2D eigenvalue weighted by molar-refractivity contribution is 7.10. The summed E-state index contributed by atoms with van der Waals surface area (Å²) in [5, 5.41) is 22.7. The van der Waals surface area contributed by atoms with Crippen molar-refractivity contribution in [1.82, 2.24) is 10.3 Å². The van der Waals surface area contributed by atoms with Crippen LogP contribution < -0.4 is 10.9 Å². The fourth-order valence-corrected chi connectivity index (χ4v) is 2.10. The standard InChI is InChI=1S/C8H13BN2O3S/c1-5(12)11-8(2,3)7-10-6(4-15-7)9(13)14/h4,13-14H,1-3H3,(H,11,12). The summed E-state index contributed by atoms with van der Waals surface area (Å²) in [5.74, 6) is -0.152. The molecule has 0 saturated heterocycles. The lowest BCUT2D eigenvalue weighted by molar-refractivity contribution is -0.120.